The van der Waals surface area contributed by atoms with Crippen LogP contribution in [-0.4, -0.2) is 57.4 Å². The number of unbranched alkanes of at least 4 members (excludes halogenated alkanes) is 1. The second-order valence-corrected chi connectivity index (χ2v) is 11.0. The van der Waals surface area contributed by atoms with E-state index in [9.17, 15) is 4.79 Å². The minimum absolute atomic E-state index is 0.00466. The van der Waals surface area contributed by atoms with Gasteiger partial charge in [0.05, 0.1) is 5.02 Å². The van der Waals surface area contributed by atoms with Crippen molar-refractivity contribution in [2.75, 3.05) is 40.4 Å². The monoisotopic (exact) mass is 527 g/mol. The van der Waals surface area contributed by atoms with E-state index in [-0.39, 0.29) is 35.6 Å². The Morgan fingerprint density at radius 3 is 2.72 bits per heavy atom. The molecular weight excluding hydrogens is 484 g/mol. The minimum atomic E-state index is -1.91. The van der Waals surface area contributed by atoms with Crippen LogP contribution in [0.5, 0.6) is 0 Å². The van der Waals surface area contributed by atoms with Crippen LogP contribution in [0.25, 0.3) is 0 Å². The number of nitrogens with zero attached hydrogens (tertiary/aromatic N) is 1. The second-order valence-electron chi connectivity index (χ2n) is 10.6. The Bertz CT molecular complexity index is 824. The van der Waals surface area contributed by atoms with Gasteiger partial charge in [0.2, 0.25) is 0 Å². The number of halogens is 3. The molecule has 2 amide bonds. The van der Waals surface area contributed by atoms with Gasteiger partial charge in [0.1, 0.15) is 11.5 Å². The molecule has 1 saturated heterocycles. The lowest BCUT2D eigenvalue weighted by atomic mass is 9.75. The summed E-state index contributed by atoms with van der Waals surface area (Å²) in [4.78, 5) is 15.0. The largest absolute Gasteiger partial charge is 0.385 e. The average Bonchev–Trinajstić information content (AvgIpc) is 2.89. The first-order valence-corrected chi connectivity index (χ1v) is 14.1. The van der Waals surface area contributed by atoms with Crippen LogP contribution in [0.3, 0.4) is 0 Å². The molecule has 1 unspecified atom stereocenters. The molecule has 0 radical (unpaired) electrons. The van der Waals surface area contributed by atoms with Gasteiger partial charge in [-0.1, -0.05) is 55.8 Å². The first kappa shape index (κ1) is 29.1. The molecule has 1 aromatic rings. The van der Waals surface area contributed by atoms with E-state index in [2.05, 4.69) is 10.6 Å². The number of hydrogen-bond acceptors (Lipinski definition) is 3. The van der Waals surface area contributed by atoms with E-state index in [0.717, 1.165) is 6.42 Å². The molecule has 2 aliphatic rings. The lowest BCUT2D eigenvalue weighted by Crippen LogP contribution is -2.53. The number of alkyl halides is 1. The van der Waals surface area contributed by atoms with Gasteiger partial charge in [-0.2, -0.15) is 0 Å². The van der Waals surface area contributed by atoms with Gasteiger partial charge >= 0.3 is 6.03 Å². The molecule has 0 bridgehead atoms. The Hall–Kier alpha value is -1.44. The number of urea groups is 1. The van der Waals surface area contributed by atoms with Crippen LogP contribution in [0.2, 0.25) is 5.02 Å². The zero-order valence-electron chi connectivity index (χ0n) is 22.0. The maximum atomic E-state index is 16.9. The molecule has 1 saturated carbocycles. The second kappa shape index (κ2) is 14.5. The van der Waals surface area contributed by atoms with Crippen molar-refractivity contribution in [3.8, 4) is 0 Å². The molecule has 1 aliphatic heterocycles. The maximum absolute atomic E-state index is 16.9. The third-order valence-electron chi connectivity index (χ3n) is 8.01. The number of nitrogens with one attached hydrogen (secondary N) is 2. The highest BCUT2D eigenvalue weighted by atomic mass is 35.5. The van der Waals surface area contributed by atoms with Crippen LogP contribution < -0.4 is 10.6 Å². The fourth-order valence-electron chi connectivity index (χ4n) is 6.08. The van der Waals surface area contributed by atoms with Gasteiger partial charge in [0.25, 0.3) is 0 Å². The summed E-state index contributed by atoms with van der Waals surface area (Å²) in [6.07, 6.45) is 9.94. The maximum Gasteiger partial charge on any atom is 0.317 e. The van der Waals surface area contributed by atoms with Crippen molar-refractivity contribution in [3.05, 3.63) is 34.6 Å². The van der Waals surface area contributed by atoms with Crippen LogP contribution in [-0.2, 0) is 10.4 Å². The van der Waals surface area contributed by atoms with E-state index in [1.54, 1.807) is 18.1 Å². The first-order chi connectivity index (χ1) is 17.4. The van der Waals surface area contributed by atoms with Gasteiger partial charge in [0.15, 0.2) is 0 Å². The number of benzene rings is 1. The Balaban J connectivity index is 1.72. The van der Waals surface area contributed by atoms with Gasteiger partial charge in [-0.15, -0.1) is 0 Å². The predicted molar refractivity (Wildman–Crippen MR) is 142 cm³/mol. The molecule has 2 N–H and O–H groups in total. The molecular formula is C28H44ClF2N3O2. The van der Waals surface area contributed by atoms with Gasteiger partial charge < -0.3 is 20.3 Å². The number of ether oxygens (including phenoxy) is 1. The molecule has 8 heteroatoms. The van der Waals surface area contributed by atoms with Crippen molar-refractivity contribution in [2.45, 2.75) is 82.3 Å². The summed E-state index contributed by atoms with van der Waals surface area (Å²) >= 11 is 6.05. The van der Waals surface area contributed by atoms with E-state index >= 15 is 8.78 Å². The Morgan fingerprint density at radius 1 is 1.22 bits per heavy atom. The van der Waals surface area contributed by atoms with E-state index in [0.29, 0.717) is 51.3 Å². The molecule has 1 aromatic carbocycles. The van der Waals surface area contributed by atoms with E-state index in [4.69, 9.17) is 16.3 Å². The Labute approximate surface area is 220 Å². The van der Waals surface area contributed by atoms with Crippen molar-refractivity contribution < 1.29 is 18.3 Å². The van der Waals surface area contributed by atoms with E-state index in [1.807, 2.05) is 7.05 Å². The number of rotatable bonds is 12. The fourth-order valence-corrected chi connectivity index (χ4v) is 6.25. The fraction of sp³-hybridized carbons (Fsp3) is 0.750. The van der Waals surface area contributed by atoms with Crippen molar-refractivity contribution in [2.24, 2.45) is 11.8 Å². The number of likely N-dealkylation sites (tertiary alicyclic amines) is 1. The molecule has 3 atom stereocenters. The SMILES string of the molecule is CNCC(CC1CCCCC1)NC(=O)N1CCC[C@@H]([C@@](F)(CCCCOC)c2cccc(Cl)c2F)C1. The van der Waals surface area contributed by atoms with Crippen molar-refractivity contribution in [3.63, 3.8) is 0 Å². The summed E-state index contributed by atoms with van der Waals surface area (Å²) in [5, 5.41) is 6.35. The lowest BCUT2D eigenvalue weighted by molar-refractivity contribution is 0.0180. The first-order valence-electron chi connectivity index (χ1n) is 13.7. The normalized spacial score (nSPS) is 21.7. The van der Waals surface area contributed by atoms with Gasteiger partial charge in [-0.25, -0.2) is 13.6 Å². The lowest BCUT2D eigenvalue weighted by Gasteiger charge is -2.41. The number of piperidine rings is 1. The Morgan fingerprint density at radius 2 is 2.00 bits per heavy atom. The molecule has 36 heavy (non-hydrogen) atoms. The van der Waals surface area contributed by atoms with E-state index < -0.39 is 17.4 Å². The molecule has 5 nitrogen and oxygen atoms in total. The van der Waals surface area contributed by atoms with Crippen LogP contribution in [0.1, 0.15) is 76.2 Å². The van der Waals surface area contributed by atoms with Crippen molar-refractivity contribution >= 4 is 17.6 Å². The minimum Gasteiger partial charge on any atom is -0.385 e. The van der Waals surface area contributed by atoms with Gasteiger partial charge in [-0.05, 0) is 57.6 Å². The van der Waals surface area contributed by atoms with Crippen molar-refractivity contribution in [1.82, 2.24) is 15.5 Å². The highest BCUT2D eigenvalue weighted by molar-refractivity contribution is 6.30. The third kappa shape index (κ3) is 7.78. The van der Waals surface area contributed by atoms with Crippen LogP contribution in [0, 0.1) is 17.7 Å². The summed E-state index contributed by atoms with van der Waals surface area (Å²) in [6.45, 7) is 2.07. The molecule has 204 valence electrons. The number of likely N-dealkylation sites (N-methyl/N-ethyl adjacent to an activating group) is 1. The number of carbonyl (C=O) groups excluding carboxylic acids is 1. The number of methoxy groups -OCH3 is 1. The van der Waals surface area contributed by atoms with Crippen LogP contribution in [0.4, 0.5) is 13.6 Å². The molecule has 0 aromatic heterocycles. The molecule has 2 fully saturated rings. The van der Waals surface area contributed by atoms with Crippen LogP contribution >= 0.6 is 11.6 Å². The quantitative estimate of drug-likeness (QED) is 0.307. The Kier molecular flexibility index (Phi) is 11.7. The highest BCUT2D eigenvalue weighted by Gasteiger charge is 2.45. The van der Waals surface area contributed by atoms with Crippen LogP contribution in [0.15, 0.2) is 18.2 Å². The summed E-state index contributed by atoms with van der Waals surface area (Å²) in [5.41, 5.74) is -1.90. The number of carbonyl (C=O) groups is 1. The highest BCUT2D eigenvalue weighted by Crippen LogP contribution is 2.45. The zero-order chi connectivity index (χ0) is 26.0. The number of hydrogen-bond donors (Lipinski definition) is 2. The average molecular weight is 528 g/mol. The predicted octanol–water partition coefficient (Wildman–Crippen LogP) is 6.44. The smallest absolute Gasteiger partial charge is 0.317 e. The van der Waals surface area contributed by atoms with Gasteiger partial charge in [-0.3, -0.25) is 0 Å². The number of amides is 2. The third-order valence-corrected chi connectivity index (χ3v) is 8.31. The van der Waals surface area contributed by atoms with Gasteiger partial charge in [0, 0.05) is 50.9 Å². The topological polar surface area (TPSA) is 53.6 Å². The molecule has 0 spiro atoms. The molecule has 3 rings (SSSR count). The molecule has 1 heterocycles. The summed E-state index contributed by atoms with van der Waals surface area (Å²) in [7, 11) is 3.52. The summed E-state index contributed by atoms with van der Waals surface area (Å²) in [5.74, 6) is -0.562. The summed E-state index contributed by atoms with van der Waals surface area (Å²) in [6, 6.07) is 4.44. The van der Waals surface area contributed by atoms with E-state index in [1.165, 1.54) is 44.2 Å². The standard InChI is InChI=1S/C28H44ClF2N3O2/c1-32-19-23(18-21-10-4-3-5-11-21)33-27(35)34-16-9-12-22(20-34)28(31,15-6-7-17-36-2)24-13-8-14-25(29)26(24)30/h8,13-14,21-23,32H,3-7,9-12,15-20H2,1-2H3,(H,33,35)/t22-,23?,28+/m1/s1. The summed E-state index contributed by atoms with van der Waals surface area (Å²) < 4.78 is 37.1. The molecule has 1 aliphatic carbocycles. The zero-order valence-corrected chi connectivity index (χ0v) is 22.7. The van der Waals surface area contributed by atoms with Crippen molar-refractivity contribution in [1.29, 1.82) is 0 Å².